The van der Waals surface area contributed by atoms with Crippen molar-refractivity contribution in [3.8, 4) is 28.7 Å². The molecule has 3 rings (SSSR count). The summed E-state index contributed by atoms with van der Waals surface area (Å²) in [4.78, 5) is 14.8. The van der Waals surface area contributed by atoms with E-state index < -0.39 is 5.97 Å². The molecule has 0 bridgehead atoms. The van der Waals surface area contributed by atoms with E-state index in [9.17, 15) is 4.79 Å². The molecule has 0 saturated heterocycles. The highest BCUT2D eigenvalue weighted by atomic mass is 35.5. The first-order valence-electron chi connectivity index (χ1n) is 7.86. The van der Waals surface area contributed by atoms with Gasteiger partial charge in [-0.15, -0.1) is 5.10 Å². The van der Waals surface area contributed by atoms with Crippen LogP contribution in [-0.4, -0.2) is 38.6 Å². The van der Waals surface area contributed by atoms with Gasteiger partial charge >= 0.3 is 5.97 Å². The number of carbonyl (C=O) groups is 1. The van der Waals surface area contributed by atoms with Crippen molar-refractivity contribution in [1.29, 1.82) is 0 Å². The van der Waals surface area contributed by atoms with Crippen LogP contribution in [0.25, 0.3) is 22.9 Å². The summed E-state index contributed by atoms with van der Waals surface area (Å²) >= 11 is 7.29. The topological polar surface area (TPSA) is 101 Å². The predicted octanol–water partition coefficient (Wildman–Crippen LogP) is 4.35. The number of hydrogen-bond donors (Lipinski definition) is 2. The van der Waals surface area contributed by atoms with E-state index in [2.05, 4.69) is 15.2 Å². The van der Waals surface area contributed by atoms with E-state index in [1.807, 2.05) is 19.1 Å². The van der Waals surface area contributed by atoms with Crippen LogP contribution in [0.1, 0.15) is 13.3 Å². The van der Waals surface area contributed by atoms with Crippen LogP contribution in [0.2, 0.25) is 5.02 Å². The van der Waals surface area contributed by atoms with E-state index in [1.54, 1.807) is 18.2 Å². The number of ether oxygens (including phenoxy) is 1. The Bertz CT molecular complexity index is 909. The highest BCUT2D eigenvalue weighted by Gasteiger charge is 2.13. The van der Waals surface area contributed by atoms with Gasteiger partial charge in [0, 0.05) is 5.56 Å². The van der Waals surface area contributed by atoms with Gasteiger partial charge in [0.2, 0.25) is 5.16 Å². The molecule has 0 radical (unpaired) electrons. The maximum atomic E-state index is 10.6. The van der Waals surface area contributed by atoms with Crippen molar-refractivity contribution in [2.45, 2.75) is 18.5 Å². The molecule has 136 valence electrons. The minimum Gasteiger partial charge on any atom is -0.492 e. The van der Waals surface area contributed by atoms with E-state index >= 15 is 0 Å². The molecule has 0 fully saturated rings. The SMILES string of the molecule is CCCOc1ccc(-c2ccc(-c3nc(SCC(=O)O)n[nH]3)o2)cc1Cl. The lowest BCUT2D eigenvalue weighted by Crippen LogP contribution is -1.97. The number of aromatic amines is 1. The van der Waals surface area contributed by atoms with Crippen LogP contribution in [0.3, 0.4) is 0 Å². The summed E-state index contributed by atoms with van der Waals surface area (Å²) in [7, 11) is 0. The molecular weight excluding hydrogens is 378 g/mol. The molecule has 1 aromatic carbocycles. The highest BCUT2D eigenvalue weighted by molar-refractivity contribution is 7.99. The van der Waals surface area contributed by atoms with E-state index in [4.69, 9.17) is 25.9 Å². The Morgan fingerprint density at radius 1 is 1.35 bits per heavy atom. The van der Waals surface area contributed by atoms with E-state index in [0.717, 1.165) is 23.7 Å². The molecular formula is C17H16ClN3O4S. The zero-order chi connectivity index (χ0) is 18.5. The van der Waals surface area contributed by atoms with Crippen molar-refractivity contribution in [2.75, 3.05) is 12.4 Å². The van der Waals surface area contributed by atoms with Crippen LogP contribution in [0, 0.1) is 0 Å². The van der Waals surface area contributed by atoms with Crippen LogP contribution < -0.4 is 4.74 Å². The number of aromatic nitrogens is 3. The predicted molar refractivity (Wildman–Crippen MR) is 98.7 cm³/mol. The molecule has 0 aliphatic heterocycles. The molecule has 0 atom stereocenters. The Balaban J connectivity index is 1.75. The molecule has 2 heterocycles. The number of aliphatic carboxylic acids is 1. The van der Waals surface area contributed by atoms with Crippen molar-refractivity contribution < 1.29 is 19.1 Å². The lowest BCUT2D eigenvalue weighted by Gasteiger charge is -2.07. The summed E-state index contributed by atoms with van der Waals surface area (Å²) in [5, 5.41) is 16.3. The number of benzene rings is 1. The van der Waals surface area contributed by atoms with E-state index in [-0.39, 0.29) is 5.75 Å². The number of carboxylic acids is 1. The molecule has 0 aliphatic carbocycles. The maximum Gasteiger partial charge on any atom is 0.313 e. The molecule has 0 spiro atoms. The molecule has 7 nitrogen and oxygen atoms in total. The zero-order valence-electron chi connectivity index (χ0n) is 13.9. The fourth-order valence-electron chi connectivity index (χ4n) is 2.15. The van der Waals surface area contributed by atoms with Crippen molar-refractivity contribution in [3.63, 3.8) is 0 Å². The highest BCUT2D eigenvalue weighted by Crippen LogP contribution is 2.33. The van der Waals surface area contributed by atoms with Gasteiger partial charge in [-0.3, -0.25) is 9.89 Å². The third-order valence-corrected chi connectivity index (χ3v) is 4.43. The van der Waals surface area contributed by atoms with Gasteiger partial charge < -0.3 is 14.3 Å². The first kappa shape index (κ1) is 18.3. The largest absolute Gasteiger partial charge is 0.492 e. The molecule has 26 heavy (non-hydrogen) atoms. The Kier molecular flexibility index (Phi) is 5.85. The quantitative estimate of drug-likeness (QED) is 0.548. The Morgan fingerprint density at radius 3 is 2.88 bits per heavy atom. The monoisotopic (exact) mass is 393 g/mol. The maximum absolute atomic E-state index is 10.6. The van der Waals surface area contributed by atoms with Gasteiger partial charge in [-0.05, 0) is 36.8 Å². The second kappa shape index (κ2) is 8.29. The molecule has 0 aliphatic rings. The van der Waals surface area contributed by atoms with Gasteiger partial charge in [0.15, 0.2) is 11.6 Å². The summed E-state index contributed by atoms with van der Waals surface area (Å²) in [6.07, 6.45) is 0.906. The standard InChI is InChI=1S/C17H16ClN3O4S/c1-2-7-24-13-4-3-10(8-11(13)18)12-5-6-14(25-12)16-19-17(21-20-16)26-9-15(22)23/h3-6,8H,2,7,9H2,1H3,(H,22,23)(H,19,20,21). The molecule has 2 N–H and O–H groups in total. The van der Waals surface area contributed by atoms with Crippen molar-refractivity contribution in [1.82, 2.24) is 15.2 Å². The number of nitrogens with one attached hydrogen (secondary N) is 1. The first-order chi connectivity index (χ1) is 12.6. The van der Waals surface area contributed by atoms with Crippen LogP contribution in [0.4, 0.5) is 0 Å². The van der Waals surface area contributed by atoms with Gasteiger partial charge in [-0.1, -0.05) is 30.3 Å². The summed E-state index contributed by atoms with van der Waals surface area (Å²) in [5.41, 5.74) is 0.810. The van der Waals surface area contributed by atoms with Gasteiger partial charge in [0.25, 0.3) is 0 Å². The second-order valence-corrected chi connectivity index (χ2v) is 6.66. The minimum atomic E-state index is -0.926. The summed E-state index contributed by atoms with van der Waals surface area (Å²) in [6, 6.07) is 9.03. The fraction of sp³-hybridized carbons (Fsp3) is 0.235. The molecule has 0 amide bonds. The number of thioether (sulfide) groups is 1. The molecule has 0 unspecified atom stereocenters. The van der Waals surface area contributed by atoms with Crippen LogP contribution in [-0.2, 0) is 4.79 Å². The van der Waals surface area contributed by atoms with E-state index in [0.29, 0.717) is 39.9 Å². The number of halogens is 1. The lowest BCUT2D eigenvalue weighted by atomic mass is 10.1. The van der Waals surface area contributed by atoms with Crippen LogP contribution >= 0.6 is 23.4 Å². The number of carboxylic acid groups (broad SMARTS) is 1. The third-order valence-electron chi connectivity index (χ3n) is 3.31. The number of hydrogen-bond acceptors (Lipinski definition) is 6. The second-order valence-electron chi connectivity index (χ2n) is 5.31. The normalized spacial score (nSPS) is 10.8. The Morgan fingerprint density at radius 2 is 2.15 bits per heavy atom. The number of rotatable bonds is 8. The van der Waals surface area contributed by atoms with Gasteiger partial charge in [-0.2, -0.15) is 4.98 Å². The van der Waals surface area contributed by atoms with Gasteiger partial charge in [0.05, 0.1) is 17.4 Å². The summed E-state index contributed by atoms with van der Waals surface area (Å²) in [6.45, 7) is 2.64. The zero-order valence-corrected chi connectivity index (χ0v) is 15.4. The third kappa shape index (κ3) is 4.39. The van der Waals surface area contributed by atoms with Crippen LogP contribution in [0.5, 0.6) is 5.75 Å². The number of nitrogens with zero attached hydrogens (tertiary/aromatic N) is 2. The molecule has 9 heteroatoms. The Labute approximate surface area is 158 Å². The fourth-order valence-corrected chi connectivity index (χ4v) is 2.90. The average molecular weight is 394 g/mol. The van der Waals surface area contributed by atoms with Crippen molar-refractivity contribution >= 4 is 29.3 Å². The average Bonchev–Trinajstić information content (AvgIpc) is 3.28. The van der Waals surface area contributed by atoms with Gasteiger partial charge in [-0.25, -0.2) is 0 Å². The lowest BCUT2D eigenvalue weighted by molar-refractivity contribution is -0.133. The molecule has 0 saturated carbocycles. The van der Waals surface area contributed by atoms with E-state index in [1.165, 1.54) is 0 Å². The first-order valence-corrected chi connectivity index (χ1v) is 9.23. The van der Waals surface area contributed by atoms with Crippen molar-refractivity contribution in [2.24, 2.45) is 0 Å². The summed E-state index contributed by atoms with van der Waals surface area (Å²) < 4.78 is 11.4. The molecule has 2 aromatic heterocycles. The Hall–Kier alpha value is -2.45. The number of furan rings is 1. The molecule has 3 aromatic rings. The van der Waals surface area contributed by atoms with Crippen molar-refractivity contribution in [3.05, 3.63) is 35.4 Å². The van der Waals surface area contributed by atoms with Gasteiger partial charge in [0.1, 0.15) is 11.5 Å². The number of H-pyrrole nitrogens is 1. The summed E-state index contributed by atoms with van der Waals surface area (Å²) in [5.74, 6) is 1.16. The minimum absolute atomic E-state index is 0.106. The smallest absolute Gasteiger partial charge is 0.313 e. The van der Waals surface area contributed by atoms with Crippen LogP contribution in [0.15, 0.2) is 39.9 Å².